The Morgan fingerprint density at radius 2 is 1.95 bits per heavy atom. The van der Waals surface area contributed by atoms with Crippen molar-refractivity contribution in [3.63, 3.8) is 0 Å². The molecule has 0 bridgehead atoms. The maximum Gasteiger partial charge on any atom is 0.306 e. The van der Waals surface area contributed by atoms with E-state index in [0.717, 1.165) is 17.5 Å². The molecule has 0 aliphatic heterocycles. The highest BCUT2D eigenvalue weighted by molar-refractivity contribution is 6.30. The van der Waals surface area contributed by atoms with Gasteiger partial charge in [-0.1, -0.05) is 23.7 Å². The van der Waals surface area contributed by atoms with Crippen molar-refractivity contribution >= 4 is 17.6 Å². The summed E-state index contributed by atoms with van der Waals surface area (Å²) in [5.74, 6) is -1.17. The maximum atomic E-state index is 11.4. The van der Waals surface area contributed by atoms with E-state index in [4.69, 9.17) is 11.6 Å². The number of hydrogen-bond acceptors (Lipinski definition) is 2. The average molecular weight is 290 g/mol. The molecule has 1 atom stereocenters. The third kappa shape index (κ3) is 4.35. The van der Waals surface area contributed by atoms with E-state index in [1.54, 1.807) is 18.5 Å². The lowest BCUT2D eigenvalue weighted by molar-refractivity contribution is -0.141. The molecule has 2 aromatic rings. The van der Waals surface area contributed by atoms with E-state index in [0.29, 0.717) is 17.9 Å². The van der Waals surface area contributed by atoms with Crippen LogP contribution in [0.1, 0.15) is 17.5 Å². The number of carboxylic acid groups (broad SMARTS) is 1. The highest BCUT2D eigenvalue weighted by Crippen LogP contribution is 2.18. The van der Waals surface area contributed by atoms with Gasteiger partial charge in [0, 0.05) is 17.4 Å². The summed E-state index contributed by atoms with van der Waals surface area (Å²) in [6.07, 6.45) is 5.29. The first-order chi connectivity index (χ1) is 9.65. The van der Waals surface area contributed by atoms with Crippen LogP contribution >= 0.6 is 11.6 Å². The maximum absolute atomic E-state index is 11.4. The summed E-state index contributed by atoms with van der Waals surface area (Å²) in [5, 5.41) is 9.98. The van der Waals surface area contributed by atoms with Crippen LogP contribution in [0.15, 0.2) is 48.8 Å². The van der Waals surface area contributed by atoms with Crippen LogP contribution in [-0.2, 0) is 17.6 Å². The number of pyridine rings is 1. The predicted molar refractivity (Wildman–Crippen MR) is 78.8 cm³/mol. The number of nitrogens with zero attached hydrogens (tertiary/aromatic N) is 1. The first-order valence-electron chi connectivity index (χ1n) is 6.51. The summed E-state index contributed by atoms with van der Waals surface area (Å²) in [4.78, 5) is 15.3. The van der Waals surface area contributed by atoms with E-state index < -0.39 is 11.9 Å². The zero-order chi connectivity index (χ0) is 14.4. The Hall–Kier alpha value is -1.87. The Bertz CT molecular complexity index is 572. The van der Waals surface area contributed by atoms with Gasteiger partial charge in [0.25, 0.3) is 0 Å². The number of aromatic nitrogens is 1. The van der Waals surface area contributed by atoms with Gasteiger partial charge in [0.15, 0.2) is 0 Å². The molecule has 1 N–H and O–H groups in total. The Morgan fingerprint density at radius 3 is 2.60 bits per heavy atom. The molecule has 0 aliphatic rings. The van der Waals surface area contributed by atoms with Crippen molar-refractivity contribution in [1.82, 2.24) is 4.98 Å². The normalized spacial score (nSPS) is 12.1. The Kier molecular flexibility index (Phi) is 5.13. The minimum Gasteiger partial charge on any atom is -0.481 e. The summed E-state index contributed by atoms with van der Waals surface area (Å²) in [5.41, 5.74) is 2.07. The molecule has 0 radical (unpaired) electrons. The SMILES string of the molecule is O=C(O)C(CCc1ccncc1)Cc1cccc(Cl)c1. The van der Waals surface area contributed by atoms with Gasteiger partial charge in [-0.15, -0.1) is 0 Å². The molecule has 0 fully saturated rings. The van der Waals surface area contributed by atoms with Crippen molar-refractivity contribution in [2.24, 2.45) is 5.92 Å². The van der Waals surface area contributed by atoms with Gasteiger partial charge in [-0.3, -0.25) is 9.78 Å². The van der Waals surface area contributed by atoms with Gasteiger partial charge in [0.1, 0.15) is 0 Å². The van der Waals surface area contributed by atoms with E-state index in [1.807, 2.05) is 30.3 Å². The van der Waals surface area contributed by atoms with E-state index in [2.05, 4.69) is 4.98 Å². The molecule has 20 heavy (non-hydrogen) atoms. The van der Waals surface area contributed by atoms with Crippen LogP contribution in [-0.4, -0.2) is 16.1 Å². The largest absolute Gasteiger partial charge is 0.481 e. The molecular weight excluding hydrogens is 274 g/mol. The van der Waals surface area contributed by atoms with Gasteiger partial charge in [0.2, 0.25) is 0 Å². The van der Waals surface area contributed by atoms with Crippen LogP contribution in [0.4, 0.5) is 0 Å². The summed E-state index contributed by atoms with van der Waals surface area (Å²) < 4.78 is 0. The summed E-state index contributed by atoms with van der Waals surface area (Å²) in [6.45, 7) is 0. The van der Waals surface area contributed by atoms with Gasteiger partial charge in [-0.2, -0.15) is 0 Å². The van der Waals surface area contributed by atoms with Crippen LogP contribution in [0.5, 0.6) is 0 Å². The van der Waals surface area contributed by atoms with Gasteiger partial charge >= 0.3 is 5.97 Å². The summed E-state index contributed by atoms with van der Waals surface area (Å²) in [6, 6.07) is 11.2. The topological polar surface area (TPSA) is 50.2 Å². The molecule has 4 heteroatoms. The lowest BCUT2D eigenvalue weighted by Crippen LogP contribution is -2.17. The minimum atomic E-state index is -0.765. The summed E-state index contributed by atoms with van der Waals surface area (Å²) in [7, 11) is 0. The zero-order valence-corrected chi connectivity index (χ0v) is 11.8. The number of aryl methyl sites for hydroxylation is 1. The van der Waals surface area contributed by atoms with Crippen molar-refractivity contribution in [3.05, 3.63) is 64.9 Å². The van der Waals surface area contributed by atoms with Crippen LogP contribution in [0.2, 0.25) is 5.02 Å². The fraction of sp³-hybridized carbons (Fsp3) is 0.250. The van der Waals surface area contributed by atoms with Crippen molar-refractivity contribution in [2.45, 2.75) is 19.3 Å². The van der Waals surface area contributed by atoms with Gasteiger partial charge in [0.05, 0.1) is 5.92 Å². The first kappa shape index (κ1) is 14.5. The van der Waals surface area contributed by atoms with Crippen molar-refractivity contribution in [2.75, 3.05) is 0 Å². The molecule has 0 spiro atoms. The molecule has 104 valence electrons. The molecule has 1 unspecified atom stereocenters. The Morgan fingerprint density at radius 1 is 1.20 bits per heavy atom. The molecule has 1 heterocycles. The first-order valence-corrected chi connectivity index (χ1v) is 6.89. The van der Waals surface area contributed by atoms with Crippen LogP contribution < -0.4 is 0 Å². The number of halogens is 1. The van der Waals surface area contributed by atoms with E-state index >= 15 is 0 Å². The van der Waals surface area contributed by atoms with Crippen LogP contribution in [0.3, 0.4) is 0 Å². The molecule has 0 saturated carbocycles. The number of hydrogen-bond donors (Lipinski definition) is 1. The summed E-state index contributed by atoms with van der Waals surface area (Å²) >= 11 is 5.93. The average Bonchev–Trinajstić information content (AvgIpc) is 2.44. The molecule has 0 saturated heterocycles. The number of aliphatic carboxylic acids is 1. The second kappa shape index (κ2) is 7.06. The molecule has 1 aromatic heterocycles. The quantitative estimate of drug-likeness (QED) is 0.884. The second-order valence-electron chi connectivity index (χ2n) is 4.76. The fourth-order valence-corrected chi connectivity index (χ4v) is 2.36. The second-order valence-corrected chi connectivity index (χ2v) is 5.20. The van der Waals surface area contributed by atoms with Crippen molar-refractivity contribution in [1.29, 1.82) is 0 Å². The van der Waals surface area contributed by atoms with E-state index in [-0.39, 0.29) is 0 Å². The Labute approximate surface area is 123 Å². The van der Waals surface area contributed by atoms with Crippen molar-refractivity contribution < 1.29 is 9.90 Å². The van der Waals surface area contributed by atoms with Crippen molar-refractivity contribution in [3.8, 4) is 0 Å². The van der Waals surface area contributed by atoms with Crippen LogP contribution in [0, 0.1) is 5.92 Å². The minimum absolute atomic E-state index is 0.401. The Balaban J connectivity index is 1.99. The molecule has 2 rings (SSSR count). The van der Waals surface area contributed by atoms with E-state index in [9.17, 15) is 9.90 Å². The number of benzene rings is 1. The molecule has 0 amide bonds. The predicted octanol–water partition coefficient (Wildman–Crippen LogP) is 3.61. The highest BCUT2D eigenvalue weighted by atomic mass is 35.5. The van der Waals surface area contributed by atoms with Crippen LogP contribution in [0.25, 0.3) is 0 Å². The standard InChI is InChI=1S/C16H16ClNO2/c17-15-3-1-2-13(11-15)10-14(16(19)20)5-4-12-6-8-18-9-7-12/h1-3,6-9,11,14H,4-5,10H2,(H,19,20). The van der Waals surface area contributed by atoms with Gasteiger partial charge in [-0.25, -0.2) is 0 Å². The van der Waals surface area contributed by atoms with E-state index in [1.165, 1.54) is 0 Å². The molecule has 0 aliphatic carbocycles. The fourth-order valence-electron chi connectivity index (χ4n) is 2.15. The smallest absolute Gasteiger partial charge is 0.306 e. The lowest BCUT2D eigenvalue weighted by atomic mass is 9.93. The van der Waals surface area contributed by atoms with Gasteiger partial charge in [-0.05, 0) is 54.7 Å². The number of carboxylic acids is 1. The lowest BCUT2D eigenvalue weighted by Gasteiger charge is -2.12. The monoisotopic (exact) mass is 289 g/mol. The molecule has 1 aromatic carbocycles. The molecular formula is C16H16ClNO2. The third-order valence-electron chi connectivity index (χ3n) is 3.25. The molecule has 3 nitrogen and oxygen atoms in total. The zero-order valence-electron chi connectivity index (χ0n) is 11.0. The number of rotatable bonds is 6. The van der Waals surface area contributed by atoms with Gasteiger partial charge < -0.3 is 5.11 Å². The highest BCUT2D eigenvalue weighted by Gasteiger charge is 2.18. The third-order valence-corrected chi connectivity index (χ3v) is 3.49. The number of carbonyl (C=O) groups is 1.